The van der Waals surface area contributed by atoms with Gasteiger partial charge in [-0.1, -0.05) is 24.3 Å². The highest BCUT2D eigenvalue weighted by Gasteiger charge is 2.41. The van der Waals surface area contributed by atoms with Gasteiger partial charge in [0.15, 0.2) is 0 Å². The normalized spacial score (nSPS) is 24.2. The van der Waals surface area contributed by atoms with E-state index in [1.54, 1.807) is 9.13 Å². The van der Waals surface area contributed by atoms with Crippen LogP contribution in [0.4, 0.5) is 0 Å². The maximum atomic E-state index is 12.3. The topological polar surface area (TPSA) is 59.6 Å². The number of hydrogen-bond acceptors (Lipinski definition) is 4. The molecule has 3 aromatic rings. The molecule has 164 valence electrons. The summed E-state index contributed by atoms with van der Waals surface area (Å²) in [7, 11) is 3.65. The van der Waals surface area contributed by atoms with Crippen LogP contribution in [0.15, 0.2) is 47.3 Å². The molecule has 1 aromatic heterocycles. The molecule has 5 rings (SSSR count). The standard InChI is InChI=1S/C25H31N3O3/c1-26-21-8-7-19(13-22(21)27(2)24(26)30)14-28-15-20-5-3-4-6-23(20)31-25(17-28)11-9-18(16-29)10-12-25/h3-8,13,18,29H,9-12,14-17H2,1-2H3. The van der Waals surface area contributed by atoms with Crippen LogP contribution < -0.4 is 10.4 Å². The first-order valence-electron chi connectivity index (χ1n) is 11.2. The summed E-state index contributed by atoms with van der Waals surface area (Å²) in [4.78, 5) is 14.8. The molecule has 0 saturated heterocycles. The lowest BCUT2D eigenvalue weighted by Gasteiger charge is -2.41. The Morgan fingerprint density at radius 1 is 1.06 bits per heavy atom. The highest BCUT2D eigenvalue weighted by molar-refractivity contribution is 5.76. The van der Waals surface area contributed by atoms with Crippen LogP contribution >= 0.6 is 0 Å². The molecule has 1 aliphatic heterocycles. The van der Waals surface area contributed by atoms with Crippen LogP contribution in [0.5, 0.6) is 5.75 Å². The number of benzene rings is 2. The minimum absolute atomic E-state index is 0.00356. The van der Waals surface area contributed by atoms with Crippen molar-refractivity contribution in [1.29, 1.82) is 0 Å². The van der Waals surface area contributed by atoms with E-state index in [0.717, 1.165) is 62.1 Å². The average molecular weight is 422 g/mol. The van der Waals surface area contributed by atoms with E-state index in [2.05, 4.69) is 41.3 Å². The second-order valence-electron chi connectivity index (χ2n) is 9.39. The van der Waals surface area contributed by atoms with Gasteiger partial charge in [0.2, 0.25) is 0 Å². The van der Waals surface area contributed by atoms with Crippen molar-refractivity contribution in [2.24, 2.45) is 20.0 Å². The van der Waals surface area contributed by atoms with E-state index in [9.17, 15) is 9.90 Å². The van der Waals surface area contributed by atoms with Gasteiger partial charge in [-0.2, -0.15) is 0 Å². The Bertz CT molecular complexity index is 1150. The van der Waals surface area contributed by atoms with Gasteiger partial charge in [0, 0.05) is 45.9 Å². The van der Waals surface area contributed by atoms with E-state index >= 15 is 0 Å². The molecule has 1 N–H and O–H groups in total. The predicted octanol–water partition coefficient (Wildman–Crippen LogP) is 3.19. The van der Waals surface area contributed by atoms with Gasteiger partial charge in [-0.15, -0.1) is 0 Å². The second kappa shape index (κ2) is 7.84. The van der Waals surface area contributed by atoms with Gasteiger partial charge in [0.25, 0.3) is 0 Å². The van der Waals surface area contributed by atoms with Gasteiger partial charge >= 0.3 is 5.69 Å². The van der Waals surface area contributed by atoms with Crippen molar-refractivity contribution in [3.63, 3.8) is 0 Å². The molecule has 2 aromatic carbocycles. The predicted molar refractivity (Wildman–Crippen MR) is 121 cm³/mol. The molecule has 0 radical (unpaired) electrons. The zero-order valence-electron chi connectivity index (χ0n) is 18.4. The third kappa shape index (κ3) is 3.68. The van der Waals surface area contributed by atoms with Crippen molar-refractivity contribution in [1.82, 2.24) is 14.0 Å². The SMILES string of the molecule is Cn1c(=O)n(C)c2cc(CN3Cc4ccccc4OC4(CCC(CO)CC4)C3)ccc21. The van der Waals surface area contributed by atoms with Crippen molar-refractivity contribution in [3.8, 4) is 5.75 Å². The first-order chi connectivity index (χ1) is 15.0. The molecule has 6 heteroatoms. The molecule has 6 nitrogen and oxygen atoms in total. The molecule has 1 fully saturated rings. The summed E-state index contributed by atoms with van der Waals surface area (Å²) in [5, 5.41) is 9.59. The van der Waals surface area contributed by atoms with Crippen molar-refractivity contribution in [3.05, 3.63) is 64.1 Å². The van der Waals surface area contributed by atoms with Crippen LogP contribution in [0, 0.1) is 5.92 Å². The molecule has 1 saturated carbocycles. The number of aromatic nitrogens is 2. The summed E-state index contributed by atoms with van der Waals surface area (Å²) in [6, 6.07) is 14.7. The van der Waals surface area contributed by atoms with Crippen LogP contribution in [0.3, 0.4) is 0 Å². The van der Waals surface area contributed by atoms with Crippen LogP contribution in [-0.4, -0.2) is 37.9 Å². The summed E-state index contributed by atoms with van der Waals surface area (Å²) in [6.07, 6.45) is 3.94. The Labute approximate surface area is 182 Å². The van der Waals surface area contributed by atoms with Crippen molar-refractivity contribution in [2.45, 2.75) is 44.4 Å². The lowest BCUT2D eigenvalue weighted by atomic mass is 9.78. The summed E-state index contributed by atoms with van der Waals surface area (Å²) < 4.78 is 10.1. The number of nitrogens with zero attached hydrogens (tertiary/aromatic N) is 3. The Hall–Kier alpha value is -2.57. The fourth-order valence-corrected chi connectivity index (χ4v) is 5.37. The van der Waals surface area contributed by atoms with Gasteiger partial charge in [0.1, 0.15) is 11.4 Å². The number of rotatable bonds is 3. The number of aliphatic hydroxyl groups is 1. The minimum Gasteiger partial charge on any atom is -0.486 e. The smallest absolute Gasteiger partial charge is 0.328 e. The first-order valence-corrected chi connectivity index (χ1v) is 11.2. The van der Waals surface area contributed by atoms with Gasteiger partial charge < -0.3 is 9.84 Å². The number of para-hydroxylation sites is 1. The maximum absolute atomic E-state index is 12.3. The molecule has 2 aliphatic rings. The van der Waals surface area contributed by atoms with E-state index in [0.29, 0.717) is 5.92 Å². The van der Waals surface area contributed by atoms with Gasteiger partial charge in [-0.05, 0) is 55.4 Å². The number of fused-ring (bicyclic) bond motifs is 2. The van der Waals surface area contributed by atoms with Gasteiger partial charge in [-0.25, -0.2) is 4.79 Å². The highest BCUT2D eigenvalue weighted by Crippen LogP contribution is 2.40. The Balaban J connectivity index is 1.46. The zero-order valence-corrected chi connectivity index (χ0v) is 18.4. The summed E-state index contributed by atoms with van der Waals surface area (Å²) in [5.41, 5.74) is 4.14. The lowest BCUT2D eigenvalue weighted by Crippen LogP contribution is -2.48. The molecule has 2 heterocycles. The van der Waals surface area contributed by atoms with Gasteiger partial charge in [-0.3, -0.25) is 14.0 Å². The van der Waals surface area contributed by atoms with Crippen LogP contribution in [-0.2, 0) is 27.2 Å². The summed E-state index contributed by atoms with van der Waals surface area (Å²) in [5.74, 6) is 1.39. The van der Waals surface area contributed by atoms with Crippen LogP contribution in [0.2, 0.25) is 0 Å². The second-order valence-corrected chi connectivity index (χ2v) is 9.39. The van der Waals surface area contributed by atoms with E-state index < -0.39 is 0 Å². The fraction of sp³-hybridized carbons (Fsp3) is 0.480. The quantitative estimate of drug-likeness (QED) is 0.706. The Morgan fingerprint density at radius 3 is 2.58 bits per heavy atom. The van der Waals surface area contributed by atoms with E-state index in [1.807, 2.05) is 20.2 Å². The summed E-state index contributed by atoms with van der Waals surface area (Å²) in [6.45, 7) is 2.78. The number of imidazole rings is 1. The molecular formula is C25H31N3O3. The van der Waals surface area contributed by atoms with Gasteiger partial charge in [0.05, 0.1) is 11.0 Å². The number of hydrogen-bond donors (Lipinski definition) is 1. The van der Waals surface area contributed by atoms with Crippen molar-refractivity contribution in [2.75, 3.05) is 13.2 Å². The molecule has 0 bridgehead atoms. The summed E-state index contributed by atoms with van der Waals surface area (Å²) >= 11 is 0. The van der Waals surface area contributed by atoms with Crippen molar-refractivity contribution < 1.29 is 9.84 Å². The van der Waals surface area contributed by atoms with Crippen LogP contribution in [0.1, 0.15) is 36.8 Å². The molecule has 0 unspecified atom stereocenters. The molecule has 1 aliphatic carbocycles. The van der Waals surface area contributed by atoms with Crippen LogP contribution in [0.25, 0.3) is 11.0 Å². The molecule has 0 atom stereocenters. The monoisotopic (exact) mass is 421 g/mol. The van der Waals surface area contributed by atoms with E-state index in [1.165, 1.54) is 11.1 Å². The molecular weight excluding hydrogens is 390 g/mol. The number of aryl methyl sites for hydroxylation is 2. The minimum atomic E-state index is -0.206. The number of ether oxygens (including phenoxy) is 1. The Morgan fingerprint density at radius 2 is 1.81 bits per heavy atom. The average Bonchev–Trinajstić information content (AvgIpc) is 2.91. The largest absolute Gasteiger partial charge is 0.486 e. The molecule has 0 amide bonds. The maximum Gasteiger partial charge on any atom is 0.328 e. The molecule has 31 heavy (non-hydrogen) atoms. The third-order valence-electron chi connectivity index (χ3n) is 7.22. The van der Waals surface area contributed by atoms with Crippen molar-refractivity contribution >= 4 is 11.0 Å². The Kier molecular flexibility index (Phi) is 5.15. The first kappa shape index (κ1) is 20.3. The lowest BCUT2D eigenvalue weighted by molar-refractivity contribution is -0.0154. The highest BCUT2D eigenvalue weighted by atomic mass is 16.5. The molecule has 1 spiro atoms. The number of aliphatic hydroxyl groups excluding tert-OH is 1. The van der Waals surface area contributed by atoms with E-state index in [-0.39, 0.29) is 17.9 Å². The van der Waals surface area contributed by atoms with E-state index in [4.69, 9.17) is 4.74 Å². The third-order valence-corrected chi connectivity index (χ3v) is 7.22. The zero-order chi connectivity index (χ0) is 21.6. The fourth-order valence-electron chi connectivity index (χ4n) is 5.37.